The number of benzene rings is 20. The van der Waals surface area contributed by atoms with Gasteiger partial charge < -0.3 is 37.3 Å². The first kappa shape index (κ1) is 79.4. The molecule has 138 heavy (non-hydrogen) atoms. The summed E-state index contributed by atoms with van der Waals surface area (Å²) in [4.78, 5) is 9.88. The van der Waals surface area contributed by atoms with Crippen molar-refractivity contribution in [1.29, 1.82) is 0 Å². The summed E-state index contributed by atoms with van der Waals surface area (Å²) < 4.78 is 31.7. The van der Waals surface area contributed by atoms with Crippen molar-refractivity contribution in [3.05, 3.63) is 489 Å². The van der Waals surface area contributed by atoms with Crippen molar-refractivity contribution in [2.75, 3.05) is 19.6 Å². The zero-order chi connectivity index (χ0) is 92.0. The van der Waals surface area contributed by atoms with E-state index in [1.54, 1.807) is 0 Å². The Bertz CT molecular complexity index is 9180. The molecule has 0 aliphatic heterocycles. The molecule has 28 rings (SSSR count). The number of rotatable bonds is 13. The molecule has 0 fully saturated rings. The summed E-state index contributed by atoms with van der Waals surface area (Å²) in [5, 5.41) is 8.08. The quantitative estimate of drug-likeness (QED) is 0.113. The first-order valence-electron chi connectivity index (χ1n) is 47.9. The molecule has 24 aromatic rings. The van der Waals surface area contributed by atoms with Crippen LogP contribution in [0.5, 0.6) is 0 Å². The van der Waals surface area contributed by atoms with Crippen LogP contribution in [0.2, 0.25) is 0 Å². The van der Waals surface area contributed by atoms with E-state index in [2.05, 4.69) is 475 Å². The minimum Gasteiger partial charge on any atom is -0.455 e. The average Bonchev–Trinajstić information content (AvgIpc) is 1.48. The van der Waals surface area contributed by atoms with Gasteiger partial charge in [-0.3, -0.25) is 0 Å². The monoisotopic (exact) mass is 1770 g/mol. The Morgan fingerprint density at radius 1 is 0.181 bits per heavy atom. The van der Waals surface area contributed by atoms with Gasteiger partial charge in [0.1, 0.15) is 33.5 Å². The number of fused-ring (bicyclic) bond motifs is 36. The van der Waals surface area contributed by atoms with E-state index in [4.69, 9.17) is 17.7 Å². The highest BCUT2D eigenvalue weighted by atomic mass is 16.3. The highest BCUT2D eigenvalue weighted by molar-refractivity contribution is 6.30. The molecule has 1 atom stereocenters. The third-order valence-corrected chi connectivity index (χ3v) is 30.4. The molecular weight excluding hydrogens is 1680 g/mol. The molecule has 4 heterocycles. The van der Waals surface area contributed by atoms with E-state index in [0.717, 1.165) is 267 Å². The van der Waals surface area contributed by atoms with Crippen molar-refractivity contribution in [2.45, 2.75) is 66.2 Å². The van der Waals surface area contributed by atoms with Gasteiger partial charge in [-0.2, -0.15) is 0 Å². The molecule has 4 aliphatic rings. The van der Waals surface area contributed by atoms with Crippen LogP contribution < -0.4 is 19.6 Å². The number of para-hydroxylation sites is 5. The number of hydrogen-bond donors (Lipinski definition) is 0. The van der Waals surface area contributed by atoms with Crippen molar-refractivity contribution in [3.63, 3.8) is 0 Å². The molecular formula is C130H90N4O4. The minimum atomic E-state index is -1.07. The highest BCUT2D eigenvalue weighted by Gasteiger charge is 2.58. The zero-order valence-corrected chi connectivity index (χ0v) is 77.5. The summed E-state index contributed by atoms with van der Waals surface area (Å²) in [6, 6.07) is 150. The normalized spacial score (nSPS) is 13.9. The fourth-order valence-corrected chi connectivity index (χ4v) is 24.4. The fraction of sp³-hybridized carbons (Fsp3) is 0.0769. The second-order valence-electron chi connectivity index (χ2n) is 38.5. The van der Waals surface area contributed by atoms with Crippen LogP contribution in [0.15, 0.2) is 418 Å². The largest absolute Gasteiger partial charge is 0.455 e. The van der Waals surface area contributed by atoms with Crippen LogP contribution in [0.4, 0.5) is 68.2 Å². The summed E-state index contributed by atoms with van der Waals surface area (Å²) in [6.07, 6.45) is 0. The van der Waals surface area contributed by atoms with E-state index in [1.807, 2.05) is 0 Å². The lowest BCUT2D eigenvalue weighted by Crippen LogP contribution is -2.27. The van der Waals surface area contributed by atoms with Gasteiger partial charge in [-0.1, -0.05) is 283 Å². The number of nitrogens with zero attached hydrogens (tertiary/aromatic N) is 4. The van der Waals surface area contributed by atoms with Crippen molar-refractivity contribution in [1.82, 2.24) is 0 Å². The molecule has 1 unspecified atom stereocenters. The zero-order valence-electron chi connectivity index (χ0n) is 77.5. The van der Waals surface area contributed by atoms with Crippen molar-refractivity contribution in [2.24, 2.45) is 0 Å². The topological polar surface area (TPSA) is 65.5 Å². The van der Waals surface area contributed by atoms with E-state index in [-0.39, 0.29) is 0 Å². The predicted octanol–water partition coefficient (Wildman–Crippen LogP) is 36.0. The van der Waals surface area contributed by atoms with E-state index >= 15 is 0 Å². The molecule has 0 radical (unpaired) electrons. The van der Waals surface area contributed by atoms with Gasteiger partial charge in [-0.05, 0) is 295 Å². The fourth-order valence-electron chi connectivity index (χ4n) is 24.4. The Hall–Kier alpha value is -17.2. The van der Waals surface area contributed by atoms with Gasteiger partial charge in [0.2, 0.25) is 0 Å². The highest BCUT2D eigenvalue weighted by Crippen LogP contribution is 2.72. The lowest BCUT2D eigenvalue weighted by molar-refractivity contribution is 0.668. The molecule has 4 aliphatic carbocycles. The molecule has 0 amide bonds. The van der Waals surface area contributed by atoms with Crippen LogP contribution in [-0.4, -0.2) is 0 Å². The second-order valence-corrected chi connectivity index (χ2v) is 38.5. The van der Waals surface area contributed by atoms with E-state index in [0.29, 0.717) is 0 Å². The molecule has 0 bridgehead atoms. The summed E-state index contributed by atoms with van der Waals surface area (Å²) >= 11 is 0. The molecule has 0 saturated carbocycles. The molecule has 0 saturated heterocycles. The van der Waals surface area contributed by atoms with E-state index in [1.165, 1.54) is 33.4 Å². The number of furan rings is 4. The molecule has 8 nitrogen and oxygen atoms in total. The molecule has 8 heteroatoms. The predicted molar refractivity (Wildman–Crippen MR) is 570 cm³/mol. The third-order valence-electron chi connectivity index (χ3n) is 30.4. The van der Waals surface area contributed by atoms with Gasteiger partial charge in [-0.15, -0.1) is 0 Å². The third kappa shape index (κ3) is 11.1. The smallest absolute Gasteiger partial charge is 0.160 e. The molecule has 4 aromatic heterocycles. The first-order chi connectivity index (χ1) is 67.7. The summed E-state index contributed by atoms with van der Waals surface area (Å²) in [5.74, 6) is 0. The molecule has 654 valence electrons. The van der Waals surface area contributed by atoms with Crippen LogP contribution in [0, 0.1) is 55.4 Å². The summed E-state index contributed by atoms with van der Waals surface area (Å²) in [6.45, 7) is 17.6. The van der Waals surface area contributed by atoms with Gasteiger partial charge in [0, 0.05) is 100 Å². The number of hydrogen-bond acceptors (Lipinski definition) is 8. The van der Waals surface area contributed by atoms with Crippen LogP contribution in [0.25, 0.3) is 143 Å². The van der Waals surface area contributed by atoms with E-state index in [9.17, 15) is 0 Å². The summed E-state index contributed by atoms with van der Waals surface area (Å²) in [7, 11) is 0. The van der Waals surface area contributed by atoms with Crippen LogP contribution in [0.1, 0.15) is 89.0 Å². The molecule has 0 N–H and O–H groups in total. The lowest BCUT2D eigenvalue weighted by atomic mass is 9.70. The van der Waals surface area contributed by atoms with Gasteiger partial charge >= 0.3 is 0 Å². The first-order valence-corrected chi connectivity index (χ1v) is 47.9. The van der Waals surface area contributed by atoms with Gasteiger partial charge in [-0.25, -0.2) is 0 Å². The van der Waals surface area contributed by atoms with E-state index < -0.39 is 10.8 Å². The Morgan fingerprint density at radius 2 is 0.500 bits per heavy atom. The maximum absolute atomic E-state index is 8.26. The average molecular weight is 1770 g/mol. The SMILES string of the molecule is Cc1ccc(N(c2ccc(C)cc2)c2cc3c(c4c2oc2cc(-c5cccc6c5-c5ccccc5C65c6cc(N(c7ccccc7)c7cc(C)ccc7C)c7c(oc8ccccc87)c6-c6c5cc(N(c5ccccc5)c5cc(C)ccc5C)c5oc7ccccc7c65)ccc24)-c2c(cc(N(c4ccc(C)cc4)c4ccc(C)cc4)c4c2oc2ccccc24)C32c3ccccc3-c3ccccc32)cc1. The van der Waals surface area contributed by atoms with Gasteiger partial charge in [0.25, 0.3) is 0 Å². The molecule has 2 spiro atoms. The molecule has 20 aromatic carbocycles. The minimum absolute atomic E-state index is 0.743. The van der Waals surface area contributed by atoms with Crippen LogP contribution in [-0.2, 0) is 10.8 Å². The summed E-state index contributed by atoms with van der Waals surface area (Å²) in [5.41, 5.74) is 45.7. The Morgan fingerprint density at radius 3 is 0.971 bits per heavy atom. The lowest BCUT2D eigenvalue weighted by Gasteiger charge is -2.34. The standard InChI is InChI=1S/C130H90N4O4/c1-75-48-59-86(60-49-75)131(87-61-50-76(2)51-62-87)108-71-104-123(127-117(108)94-35-18-24-43-112(94)136-127)121-102(129(104)98-39-21-15-32-91(98)92-33-16-22-40-99(92)129)73-110(132(88-63-52-77(3)53-64-88)89-65-54-78(4)55-66-89)125-120(121)97-67-58-83(70-115(97)138-125)90-38-27-42-101-116(90)93-34-17-23-41-100(93)130(101)103-74-111(134(85-30-13-10-14-31-85)107-69-80(6)47-57-82(107)8)126-119(96-37-20-26-45-114(96)135-126)122(103)124-105(130)72-109(118-95-36-19-25-44-113(95)137-128(118)124)133(84-28-11-9-12-29-84)106-68-79(5)46-56-81(106)7/h9-74H,1-8H3. The maximum atomic E-state index is 8.26. The van der Waals surface area contributed by atoms with Gasteiger partial charge in [0.05, 0.1) is 44.4 Å². The number of anilines is 12. The van der Waals surface area contributed by atoms with Gasteiger partial charge in [0.15, 0.2) is 11.2 Å². The number of aryl methyl sites for hydroxylation is 8. The van der Waals surface area contributed by atoms with Crippen LogP contribution >= 0.6 is 0 Å². The van der Waals surface area contributed by atoms with Crippen molar-refractivity contribution in [3.8, 4) is 55.6 Å². The Balaban J connectivity index is 0.766. The van der Waals surface area contributed by atoms with Crippen molar-refractivity contribution < 1.29 is 17.7 Å². The Kier molecular flexibility index (Phi) is 17.1. The van der Waals surface area contributed by atoms with Crippen molar-refractivity contribution >= 4 is 156 Å². The maximum Gasteiger partial charge on any atom is 0.160 e. The second kappa shape index (κ2) is 29.6. The van der Waals surface area contributed by atoms with Crippen LogP contribution in [0.3, 0.4) is 0 Å². The Labute approximate surface area is 799 Å².